The van der Waals surface area contributed by atoms with E-state index in [4.69, 9.17) is 42.1 Å². The Morgan fingerprint density at radius 3 is 2.48 bits per heavy atom. The number of thiazole rings is 1. The minimum atomic E-state index is -0.839. The molecule has 0 spiro atoms. The van der Waals surface area contributed by atoms with Gasteiger partial charge in [-0.25, -0.2) is 9.79 Å². The van der Waals surface area contributed by atoms with Gasteiger partial charge in [0, 0.05) is 25.6 Å². The van der Waals surface area contributed by atoms with Crippen molar-refractivity contribution in [2.75, 3.05) is 14.2 Å². The summed E-state index contributed by atoms with van der Waals surface area (Å²) in [5, 5.41) is 1.02. The molecule has 1 aliphatic rings. The first-order valence-electron chi connectivity index (χ1n) is 13.9. The Kier molecular flexibility index (Phi) is 10.7. The molecule has 3 aromatic carbocycles. The molecule has 0 saturated carbocycles. The highest BCUT2D eigenvalue weighted by atomic mass is 79.9. The average Bonchev–Trinajstić information content (AvgIpc) is 3.29. The number of allylic oxidation sites excluding steroid dienone is 1. The van der Waals surface area contributed by atoms with Crippen molar-refractivity contribution >= 4 is 78.4 Å². The molecule has 240 valence electrons. The molecule has 0 amide bonds. The van der Waals surface area contributed by atoms with Crippen LogP contribution in [0.5, 0.6) is 17.2 Å². The fraction of sp³-hybridized carbons (Fsp3) is 0.242. The second-order valence-electron chi connectivity index (χ2n) is 10.5. The molecular weight excluding hydrogens is 783 g/mol. The van der Waals surface area contributed by atoms with Crippen molar-refractivity contribution in [2.45, 2.75) is 39.5 Å². The zero-order valence-electron chi connectivity index (χ0n) is 25.3. The predicted octanol–water partition coefficient (Wildman–Crippen LogP) is 7.61. The van der Waals surface area contributed by atoms with E-state index in [0.717, 1.165) is 10.0 Å². The molecule has 0 radical (unpaired) electrons. The van der Waals surface area contributed by atoms with Gasteiger partial charge in [-0.3, -0.25) is 9.36 Å². The SMILES string of the molecule is COc1ccc(Br)cc1[C@H]1C(C(=O)OC(C)C)=C(C)N=c2s/c(=C\c3cc(Br)c(OCc4ccc(Cl)cc4Cl)c(OC)c3)c(=O)n21. The Balaban J connectivity index is 1.61. The molecule has 0 saturated heterocycles. The van der Waals surface area contributed by atoms with Crippen molar-refractivity contribution in [2.24, 2.45) is 4.99 Å². The topological polar surface area (TPSA) is 88.4 Å². The molecule has 0 fully saturated rings. The maximum atomic E-state index is 14.2. The van der Waals surface area contributed by atoms with E-state index in [2.05, 4.69) is 36.9 Å². The highest BCUT2D eigenvalue weighted by molar-refractivity contribution is 9.10. The highest BCUT2D eigenvalue weighted by Gasteiger charge is 2.35. The third-order valence-corrected chi connectivity index (χ3v) is 9.66. The Morgan fingerprint density at radius 1 is 1.07 bits per heavy atom. The highest BCUT2D eigenvalue weighted by Crippen LogP contribution is 2.39. The molecule has 8 nitrogen and oxygen atoms in total. The zero-order chi connectivity index (χ0) is 33.3. The maximum absolute atomic E-state index is 14.2. The Hall–Kier alpha value is -3.09. The fourth-order valence-electron chi connectivity index (χ4n) is 4.98. The fourth-order valence-corrected chi connectivity index (χ4v) is 7.44. The van der Waals surface area contributed by atoms with Gasteiger partial charge < -0.3 is 18.9 Å². The number of halogens is 4. The third-order valence-electron chi connectivity index (χ3n) is 7.01. The number of methoxy groups -OCH3 is 2. The van der Waals surface area contributed by atoms with E-state index in [1.165, 1.54) is 23.0 Å². The van der Waals surface area contributed by atoms with Crippen LogP contribution in [0.2, 0.25) is 10.0 Å². The number of hydrogen-bond acceptors (Lipinski definition) is 8. The number of hydrogen-bond donors (Lipinski definition) is 0. The summed E-state index contributed by atoms with van der Waals surface area (Å²) in [6.45, 7) is 5.47. The first kappa shape index (κ1) is 34.3. The lowest BCUT2D eigenvalue weighted by Crippen LogP contribution is -2.40. The maximum Gasteiger partial charge on any atom is 0.338 e. The van der Waals surface area contributed by atoms with E-state index in [1.807, 2.05) is 18.2 Å². The quantitative estimate of drug-likeness (QED) is 0.162. The molecule has 1 aromatic heterocycles. The first-order chi connectivity index (χ1) is 21.9. The van der Waals surface area contributed by atoms with Crippen LogP contribution >= 0.6 is 66.4 Å². The van der Waals surface area contributed by atoms with Crippen molar-refractivity contribution in [3.05, 3.63) is 115 Å². The van der Waals surface area contributed by atoms with Crippen LogP contribution in [0.3, 0.4) is 0 Å². The molecule has 5 rings (SSSR count). The van der Waals surface area contributed by atoms with Gasteiger partial charge in [0.2, 0.25) is 0 Å². The van der Waals surface area contributed by atoms with E-state index in [0.29, 0.717) is 57.9 Å². The smallest absolute Gasteiger partial charge is 0.338 e. The number of carbonyl (C=O) groups excluding carboxylic acids is 1. The normalized spacial score (nSPS) is 14.7. The van der Waals surface area contributed by atoms with Crippen LogP contribution in [-0.2, 0) is 16.1 Å². The van der Waals surface area contributed by atoms with E-state index in [9.17, 15) is 9.59 Å². The van der Waals surface area contributed by atoms with Crippen molar-refractivity contribution < 1.29 is 23.7 Å². The van der Waals surface area contributed by atoms with Crippen molar-refractivity contribution in [3.63, 3.8) is 0 Å². The minimum absolute atomic E-state index is 0.183. The van der Waals surface area contributed by atoms with Gasteiger partial charge in [-0.05, 0) is 90.8 Å². The lowest BCUT2D eigenvalue weighted by molar-refractivity contribution is -0.143. The largest absolute Gasteiger partial charge is 0.496 e. The minimum Gasteiger partial charge on any atom is -0.496 e. The number of benzene rings is 3. The number of fused-ring (bicyclic) bond motifs is 1. The van der Waals surface area contributed by atoms with Gasteiger partial charge in [0.1, 0.15) is 18.4 Å². The molecule has 1 aliphatic heterocycles. The summed E-state index contributed by atoms with van der Waals surface area (Å²) in [5.41, 5.74) is 2.44. The van der Waals surface area contributed by atoms with Crippen LogP contribution in [0.1, 0.15) is 43.5 Å². The van der Waals surface area contributed by atoms with Crippen LogP contribution in [0, 0.1) is 0 Å². The molecule has 0 unspecified atom stereocenters. The number of carbonyl (C=O) groups is 1. The molecule has 0 aliphatic carbocycles. The summed E-state index contributed by atoms with van der Waals surface area (Å²) < 4.78 is 26.3. The van der Waals surface area contributed by atoms with Gasteiger partial charge in [-0.1, -0.05) is 56.5 Å². The molecule has 13 heteroatoms. The van der Waals surface area contributed by atoms with E-state index >= 15 is 0 Å². The Bertz CT molecular complexity index is 2060. The molecule has 46 heavy (non-hydrogen) atoms. The summed E-state index contributed by atoms with van der Waals surface area (Å²) in [6.07, 6.45) is 1.38. The first-order valence-corrected chi connectivity index (χ1v) is 17.1. The summed E-state index contributed by atoms with van der Waals surface area (Å²) in [5.74, 6) is 0.876. The number of esters is 1. The van der Waals surface area contributed by atoms with Crippen LogP contribution in [0.25, 0.3) is 6.08 Å². The standard InChI is InChI=1S/C33H28Br2Cl2N2O6S/c1-16(2)45-32(41)28-17(3)38-33-39(29(28)22-13-20(34)7-9-25(22)42-4)31(40)27(46-33)12-18-10-23(35)30(26(11-18)43-5)44-15-19-6-8-21(36)14-24(19)37/h6-14,16,29H,15H2,1-5H3/b27-12-/t29-/m0/s1. The van der Waals surface area contributed by atoms with Crippen LogP contribution in [0.15, 0.2) is 78.5 Å². The molecule has 0 bridgehead atoms. The number of nitrogens with zero attached hydrogens (tertiary/aromatic N) is 2. The van der Waals surface area contributed by atoms with Crippen molar-refractivity contribution in [1.82, 2.24) is 4.57 Å². The van der Waals surface area contributed by atoms with Gasteiger partial charge in [0.25, 0.3) is 5.56 Å². The van der Waals surface area contributed by atoms with Crippen molar-refractivity contribution in [3.8, 4) is 17.2 Å². The second-order valence-corrected chi connectivity index (χ2v) is 14.1. The summed E-state index contributed by atoms with van der Waals surface area (Å²) in [7, 11) is 3.08. The molecule has 0 N–H and O–H groups in total. The van der Waals surface area contributed by atoms with Gasteiger partial charge in [0.15, 0.2) is 16.3 Å². The lowest BCUT2D eigenvalue weighted by atomic mass is 9.95. The molecule has 1 atom stereocenters. The second kappa shape index (κ2) is 14.4. The summed E-state index contributed by atoms with van der Waals surface area (Å²) >= 11 is 20.7. The van der Waals surface area contributed by atoms with Gasteiger partial charge in [0.05, 0.1) is 40.6 Å². The van der Waals surface area contributed by atoms with Crippen LogP contribution in [0.4, 0.5) is 0 Å². The molecule has 4 aromatic rings. The van der Waals surface area contributed by atoms with E-state index in [1.54, 1.807) is 64.3 Å². The summed E-state index contributed by atoms with van der Waals surface area (Å²) in [6, 6.07) is 13.4. The van der Waals surface area contributed by atoms with E-state index < -0.39 is 12.0 Å². The third kappa shape index (κ3) is 7.08. The Morgan fingerprint density at radius 2 is 1.80 bits per heavy atom. The number of rotatable bonds is 9. The predicted molar refractivity (Wildman–Crippen MR) is 187 cm³/mol. The molecular formula is C33H28Br2Cl2N2O6S. The number of aromatic nitrogens is 1. The van der Waals surface area contributed by atoms with Crippen molar-refractivity contribution in [1.29, 1.82) is 0 Å². The van der Waals surface area contributed by atoms with Gasteiger partial charge in [-0.15, -0.1) is 0 Å². The lowest BCUT2D eigenvalue weighted by Gasteiger charge is -2.26. The Labute approximate surface area is 296 Å². The summed E-state index contributed by atoms with van der Waals surface area (Å²) in [4.78, 5) is 32.8. The number of ether oxygens (including phenoxy) is 4. The molecule has 2 heterocycles. The monoisotopic (exact) mass is 808 g/mol. The van der Waals surface area contributed by atoms with Crippen LogP contribution in [-0.4, -0.2) is 30.9 Å². The van der Waals surface area contributed by atoms with Gasteiger partial charge >= 0.3 is 5.97 Å². The van der Waals surface area contributed by atoms with Crippen LogP contribution < -0.4 is 29.1 Å². The van der Waals surface area contributed by atoms with E-state index in [-0.39, 0.29) is 23.8 Å². The average molecular weight is 811 g/mol. The van der Waals surface area contributed by atoms with Gasteiger partial charge in [-0.2, -0.15) is 0 Å². The zero-order valence-corrected chi connectivity index (χ0v) is 30.8.